The number of likely N-dealkylation sites (tertiary alicyclic amines) is 1. The van der Waals surface area contributed by atoms with E-state index in [0.717, 1.165) is 51.5 Å². The number of carbonyl (C=O) groups excluding carboxylic acids is 2. The number of aliphatic imine (C=N–C) groups is 1. The Morgan fingerprint density at radius 1 is 1.40 bits per heavy atom. The molecule has 2 atom stereocenters. The summed E-state index contributed by atoms with van der Waals surface area (Å²) in [6.07, 6.45) is 6.31. The summed E-state index contributed by atoms with van der Waals surface area (Å²) in [5, 5.41) is 12.3. The molecule has 0 radical (unpaired) electrons. The molecule has 1 saturated carbocycles. The molecule has 25 heavy (non-hydrogen) atoms. The van der Waals surface area contributed by atoms with Crippen molar-refractivity contribution in [2.24, 2.45) is 16.8 Å². The summed E-state index contributed by atoms with van der Waals surface area (Å²) in [6.45, 7) is 3.44. The average Bonchev–Trinajstić information content (AvgIpc) is 2.62. The molecule has 2 fully saturated rings. The van der Waals surface area contributed by atoms with E-state index in [1.165, 1.54) is 0 Å². The van der Waals surface area contributed by atoms with Crippen LogP contribution in [0.2, 0.25) is 0 Å². The number of nitrogens with zero attached hydrogens (tertiary/aromatic N) is 3. The van der Waals surface area contributed by atoms with Gasteiger partial charge < -0.3 is 9.64 Å². The van der Waals surface area contributed by atoms with E-state index in [2.05, 4.69) is 11.4 Å². The second-order valence-corrected chi connectivity index (χ2v) is 7.19. The molecule has 3 rings (SSSR count). The van der Waals surface area contributed by atoms with Crippen molar-refractivity contribution in [3.05, 3.63) is 0 Å². The fraction of sp³-hybridized carbons (Fsp3) is 0.778. The van der Waals surface area contributed by atoms with Crippen LogP contribution in [-0.2, 0) is 14.3 Å². The molecule has 1 aliphatic carbocycles. The molecule has 2 aliphatic heterocycles. The predicted molar refractivity (Wildman–Crippen MR) is 91.4 cm³/mol. The third kappa shape index (κ3) is 3.48. The number of esters is 1. The van der Waals surface area contributed by atoms with Crippen LogP contribution in [0.25, 0.3) is 0 Å². The van der Waals surface area contributed by atoms with Gasteiger partial charge in [0.15, 0.2) is 5.92 Å². The minimum atomic E-state index is -0.720. The molecule has 7 nitrogen and oxygen atoms in total. The quantitative estimate of drug-likeness (QED) is 0.766. The van der Waals surface area contributed by atoms with Crippen LogP contribution in [0, 0.1) is 23.2 Å². The summed E-state index contributed by atoms with van der Waals surface area (Å²) in [7, 11) is 0. The maximum absolute atomic E-state index is 12.5. The van der Waals surface area contributed by atoms with Crippen LogP contribution < -0.4 is 5.32 Å². The fourth-order valence-electron chi connectivity index (χ4n) is 4.24. The topological polar surface area (TPSA) is 94.8 Å². The van der Waals surface area contributed by atoms with Gasteiger partial charge in [-0.15, -0.1) is 0 Å². The van der Waals surface area contributed by atoms with E-state index in [1.807, 2.05) is 4.90 Å². The van der Waals surface area contributed by atoms with E-state index in [1.54, 1.807) is 6.92 Å². The van der Waals surface area contributed by atoms with Crippen molar-refractivity contribution < 1.29 is 14.3 Å². The predicted octanol–water partition coefficient (Wildman–Crippen LogP) is 1.59. The van der Waals surface area contributed by atoms with Crippen molar-refractivity contribution in [1.82, 2.24) is 10.2 Å². The number of guanidine groups is 1. The Labute approximate surface area is 148 Å². The van der Waals surface area contributed by atoms with Gasteiger partial charge in [0.25, 0.3) is 0 Å². The molecule has 0 unspecified atom stereocenters. The number of ether oxygens (including phenoxy) is 1. The second-order valence-electron chi connectivity index (χ2n) is 7.19. The van der Waals surface area contributed by atoms with Crippen LogP contribution in [-0.4, -0.2) is 48.0 Å². The summed E-state index contributed by atoms with van der Waals surface area (Å²) in [5.41, 5.74) is -0.596. The highest BCUT2D eigenvalue weighted by Crippen LogP contribution is 2.40. The molecule has 0 aromatic carbocycles. The molecular formula is C18H26N4O3. The van der Waals surface area contributed by atoms with Crippen LogP contribution >= 0.6 is 0 Å². The zero-order valence-corrected chi connectivity index (χ0v) is 14.8. The third-order valence-electron chi connectivity index (χ3n) is 5.55. The smallest absolute Gasteiger partial charge is 0.310 e. The minimum Gasteiger partial charge on any atom is -0.466 e. The van der Waals surface area contributed by atoms with Crippen molar-refractivity contribution in [2.45, 2.75) is 57.4 Å². The van der Waals surface area contributed by atoms with Crippen LogP contribution in [0.15, 0.2) is 4.99 Å². The van der Waals surface area contributed by atoms with E-state index in [9.17, 15) is 14.9 Å². The molecule has 0 aromatic rings. The van der Waals surface area contributed by atoms with Gasteiger partial charge in [-0.3, -0.25) is 14.9 Å². The zero-order valence-electron chi connectivity index (χ0n) is 14.8. The van der Waals surface area contributed by atoms with E-state index < -0.39 is 11.5 Å². The maximum Gasteiger partial charge on any atom is 0.310 e. The first-order valence-corrected chi connectivity index (χ1v) is 9.31. The highest BCUT2D eigenvalue weighted by Gasteiger charge is 2.48. The molecule has 3 aliphatic rings. The Balaban J connectivity index is 1.82. The molecule has 0 aromatic heterocycles. The lowest BCUT2D eigenvalue weighted by Crippen LogP contribution is -2.59. The molecule has 1 amide bonds. The number of nitriles is 1. The fourth-order valence-corrected chi connectivity index (χ4v) is 4.24. The zero-order chi connectivity index (χ0) is 17.9. The molecule has 0 bridgehead atoms. The minimum absolute atomic E-state index is 0.183. The number of nitrogens with one attached hydrogen (secondary N) is 1. The summed E-state index contributed by atoms with van der Waals surface area (Å²) in [5.74, 6) is -0.816. The van der Waals surface area contributed by atoms with Crippen molar-refractivity contribution in [1.29, 1.82) is 5.26 Å². The second kappa shape index (κ2) is 7.42. The van der Waals surface area contributed by atoms with E-state index >= 15 is 0 Å². The summed E-state index contributed by atoms with van der Waals surface area (Å²) < 4.78 is 5.15. The van der Waals surface area contributed by atoms with Crippen molar-refractivity contribution in [2.75, 3.05) is 19.7 Å². The molecule has 136 valence electrons. The van der Waals surface area contributed by atoms with Crippen molar-refractivity contribution >= 4 is 17.8 Å². The first kappa shape index (κ1) is 17.7. The third-order valence-corrected chi connectivity index (χ3v) is 5.55. The lowest BCUT2D eigenvalue weighted by molar-refractivity contribution is -0.149. The lowest BCUT2D eigenvalue weighted by Gasteiger charge is -2.43. The SMILES string of the molecule is CCOC(=O)[C@H]1CCCN(C2=NC3(CCCCC3)[C@H](C#N)C(=O)N2)C1. The highest BCUT2D eigenvalue weighted by atomic mass is 16.5. The number of hydrogen-bond donors (Lipinski definition) is 1. The highest BCUT2D eigenvalue weighted by molar-refractivity contribution is 6.02. The molecule has 1 saturated heterocycles. The Hall–Kier alpha value is -2.10. The molecule has 1 N–H and O–H groups in total. The van der Waals surface area contributed by atoms with Gasteiger partial charge in [-0.05, 0) is 32.6 Å². The van der Waals surface area contributed by atoms with Gasteiger partial charge in [-0.1, -0.05) is 19.3 Å². The van der Waals surface area contributed by atoms with Gasteiger partial charge in [0, 0.05) is 13.1 Å². The number of piperidine rings is 1. The van der Waals surface area contributed by atoms with Gasteiger partial charge in [0.05, 0.1) is 24.1 Å². The number of amides is 1. The Morgan fingerprint density at radius 3 is 2.84 bits per heavy atom. The average molecular weight is 346 g/mol. The largest absolute Gasteiger partial charge is 0.466 e. The van der Waals surface area contributed by atoms with Crippen LogP contribution in [0.3, 0.4) is 0 Å². The van der Waals surface area contributed by atoms with E-state index in [-0.39, 0.29) is 17.8 Å². The number of hydrogen-bond acceptors (Lipinski definition) is 6. The Morgan fingerprint density at radius 2 is 2.16 bits per heavy atom. The molecule has 2 heterocycles. The molecule has 7 heteroatoms. The summed E-state index contributed by atoms with van der Waals surface area (Å²) >= 11 is 0. The van der Waals surface area contributed by atoms with Gasteiger partial charge in [0.2, 0.25) is 11.9 Å². The number of carbonyl (C=O) groups is 2. The lowest BCUT2D eigenvalue weighted by atomic mass is 9.72. The Bertz CT molecular complexity index is 604. The monoisotopic (exact) mass is 346 g/mol. The first-order valence-electron chi connectivity index (χ1n) is 9.31. The summed E-state index contributed by atoms with van der Waals surface area (Å²) in [6, 6.07) is 2.17. The van der Waals surface area contributed by atoms with E-state index in [0.29, 0.717) is 19.1 Å². The Kier molecular flexibility index (Phi) is 5.26. The normalized spacial score (nSPS) is 28.7. The molecule has 1 spiro atoms. The van der Waals surface area contributed by atoms with Crippen LogP contribution in [0.1, 0.15) is 51.9 Å². The maximum atomic E-state index is 12.5. The van der Waals surface area contributed by atoms with Gasteiger partial charge >= 0.3 is 5.97 Å². The van der Waals surface area contributed by atoms with E-state index in [4.69, 9.17) is 9.73 Å². The standard InChI is InChI=1S/C18H26N4O3/c1-2-25-16(24)13-7-6-10-22(12-13)17-20-15(23)14(11-19)18(21-17)8-4-3-5-9-18/h13-14H,2-10,12H2,1H3,(H,20,21,23)/t13-,14+/m0/s1. The van der Waals surface area contributed by atoms with Gasteiger partial charge in [0.1, 0.15) is 0 Å². The van der Waals surface area contributed by atoms with Gasteiger partial charge in [-0.2, -0.15) is 5.26 Å². The first-order chi connectivity index (χ1) is 12.1. The summed E-state index contributed by atoms with van der Waals surface area (Å²) in [4.78, 5) is 31.5. The van der Waals surface area contributed by atoms with Gasteiger partial charge in [-0.25, -0.2) is 4.99 Å². The van der Waals surface area contributed by atoms with Crippen molar-refractivity contribution in [3.8, 4) is 6.07 Å². The molecular weight excluding hydrogens is 320 g/mol. The van der Waals surface area contributed by atoms with Crippen LogP contribution in [0.4, 0.5) is 0 Å². The number of rotatable bonds is 2. The van der Waals surface area contributed by atoms with Crippen molar-refractivity contribution in [3.63, 3.8) is 0 Å². The van der Waals surface area contributed by atoms with Crippen LogP contribution in [0.5, 0.6) is 0 Å².